The van der Waals surface area contributed by atoms with Gasteiger partial charge in [0.05, 0.1) is 19.1 Å². The Kier molecular flexibility index (Phi) is 5.58. The van der Waals surface area contributed by atoms with Crippen LogP contribution in [-0.2, 0) is 9.53 Å². The van der Waals surface area contributed by atoms with E-state index in [1.807, 2.05) is 0 Å². The van der Waals surface area contributed by atoms with Crippen LogP contribution in [0.5, 0.6) is 5.75 Å². The van der Waals surface area contributed by atoms with Gasteiger partial charge >= 0.3 is 5.97 Å². The summed E-state index contributed by atoms with van der Waals surface area (Å²) in [5.74, 6) is -0.750. The van der Waals surface area contributed by atoms with Crippen molar-refractivity contribution in [3.05, 3.63) is 28.2 Å². The molecule has 1 aromatic carbocycles. The molecule has 0 amide bonds. The van der Waals surface area contributed by atoms with Gasteiger partial charge in [-0.05, 0) is 19.1 Å². The second kappa shape index (κ2) is 6.72. The predicted octanol–water partition coefficient (Wildman–Crippen LogP) is 1.50. The fourth-order valence-corrected chi connectivity index (χ4v) is 1.83. The summed E-state index contributed by atoms with van der Waals surface area (Å²) in [5.41, 5.74) is 0.162. The minimum atomic E-state index is -1.34. The lowest BCUT2D eigenvalue weighted by atomic mass is 10.0. The summed E-state index contributed by atoms with van der Waals surface area (Å²) in [6, 6.07) is 4.49. The molecule has 0 aliphatic rings. The third kappa shape index (κ3) is 3.97. The Labute approximate surface area is 113 Å². The molecule has 0 heterocycles. The molecule has 0 aliphatic heterocycles. The number of aromatic hydroxyl groups is 1. The van der Waals surface area contributed by atoms with Gasteiger partial charge in [-0.15, -0.1) is 0 Å². The van der Waals surface area contributed by atoms with E-state index in [2.05, 4.69) is 20.7 Å². The van der Waals surface area contributed by atoms with Crippen LogP contribution in [0.25, 0.3) is 0 Å². The summed E-state index contributed by atoms with van der Waals surface area (Å²) < 4.78 is 5.32. The average Bonchev–Trinajstić information content (AvgIpc) is 2.28. The second-order valence-corrected chi connectivity index (χ2v) is 4.64. The quantitative estimate of drug-likeness (QED) is 0.716. The molecule has 2 atom stereocenters. The molecule has 0 bridgehead atoms. The number of rotatable bonds is 5. The van der Waals surface area contributed by atoms with Crippen LogP contribution in [0.3, 0.4) is 0 Å². The van der Waals surface area contributed by atoms with Gasteiger partial charge in [-0.2, -0.15) is 0 Å². The second-order valence-electron chi connectivity index (χ2n) is 3.72. The third-order valence-corrected chi connectivity index (χ3v) is 2.85. The molecule has 2 unspecified atom stereocenters. The van der Waals surface area contributed by atoms with Gasteiger partial charge in [0.2, 0.25) is 0 Å². The van der Waals surface area contributed by atoms with Gasteiger partial charge in [-0.1, -0.05) is 22.0 Å². The van der Waals surface area contributed by atoms with Gasteiger partial charge in [0.25, 0.3) is 0 Å². The first-order valence-corrected chi connectivity index (χ1v) is 6.25. The Balaban J connectivity index is 2.73. The molecule has 18 heavy (non-hydrogen) atoms. The summed E-state index contributed by atoms with van der Waals surface area (Å²) in [5, 5.41) is 29.2. The van der Waals surface area contributed by atoms with E-state index in [-0.39, 0.29) is 24.3 Å². The molecule has 0 radical (unpaired) electrons. The lowest BCUT2D eigenvalue weighted by molar-refractivity contribution is -0.147. The molecule has 6 heteroatoms. The number of ether oxygens (including phenoxy) is 1. The number of carbonyl (C=O) groups is 1. The molecule has 0 saturated carbocycles. The van der Waals surface area contributed by atoms with Gasteiger partial charge in [-0.3, -0.25) is 4.79 Å². The summed E-state index contributed by atoms with van der Waals surface area (Å²) in [6.07, 6.45) is -3.00. The van der Waals surface area contributed by atoms with E-state index < -0.39 is 18.2 Å². The molecular formula is C12H15BrO5. The number of phenolic OH excluding ortho intramolecular Hbond substituents is 1. The first-order valence-electron chi connectivity index (χ1n) is 5.45. The molecule has 5 nitrogen and oxygen atoms in total. The molecule has 1 aromatic rings. The number of phenols is 1. The molecule has 0 aliphatic carbocycles. The lowest BCUT2D eigenvalue weighted by Gasteiger charge is -2.18. The first kappa shape index (κ1) is 14.9. The van der Waals surface area contributed by atoms with E-state index in [0.29, 0.717) is 4.47 Å². The fourth-order valence-electron chi connectivity index (χ4n) is 1.48. The number of esters is 1. The van der Waals surface area contributed by atoms with Gasteiger partial charge in [0.1, 0.15) is 11.9 Å². The van der Waals surface area contributed by atoms with Crippen LogP contribution in [0.4, 0.5) is 0 Å². The molecule has 0 aromatic heterocycles. The van der Waals surface area contributed by atoms with Crippen molar-refractivity contribution in [2.75, 3.05) is 6.61 Å². The highest BCUT2D eigenvalue weighted by molar-refractivity contribution is 9.10. The van der Waals surface area contributed by atoms with Crippen LogP contribution < -0.4 is 0 Å². The van der Waals surface area contributed by atoms with E-state index in [0.717, 1.165) is 0 Å². The maximum atomic E-state index is 11.2. The third-order valence-electron chi connectivity index (χ3n) is 2.36. The molecular weight excluding hydrogens is 304 g/mol. The summed E-state index contributed by atoms with van der Waals surface area (Å²) in [4.78, 5) is 11.2. The van der Waals surface area contributed by atoms with E-state index in [9.17, 15) is 20.1 Å². The van der Waals surface area contributed by atoms with Gasteiger partial charge in [0, 0.05) is 10.0 Å². The molecule has 3 N–H and O–H groups in total. The summed E-state index contributed by atoms with van der Waals surface area (Å²) in [6.45, 7) is 1.87. The normalized spacial score (nSPS) is 14.0. The van der Waals surface area contributed by atoms with E-state index in [1.165, 1.54) is 12.1 Å². The SMILES string of the molecule is CCOC(=O)CC(O)C(O)c1ccc(Br)cc1O. The highest BCUT2D eigenvalue weighted by Gasteiger charge is 2.24. The fraction of sp³-hybridized carbons (Fsp3) is 0.417. The standard InChI is InChI=1S/C12H15BrO5/c1-2-18-11(16)6-10(15)12(17)8-4-3-7(13)5-9(8)14/h3-5,10,12,14-15,17H,2,6H2,1H3. The van der Waals surface area contributed by atoms with Gasteiger partial charge in [0.15, 0.2) is 0 Å². The van der Waals surface area contributed by atoms with Gasteiger partial charge in [-0.25, -0.2) is 0 Å². The molecule has 100 valence electrons. The Bertz CT molecular complexity index is 421. The zero-order chi connectivity index (χ0) is 13.7. The number of carbonyl (C=O) groups excluding carboxylic acids is 1. The van der Waals surface area contributed by atoms with Gasteiger partial charge < -0.3 is 20.1 Å². The smallest absolute Gasteiger partial charge is 0.308 e. The zero-order valence-corrected chi connectivity index (χ0v) is 11.4. The Hall–Kier alpha value is -1.11. The minimum Gasteiger partial charge on any atom is -0.508 e. The van der Waals surface area contributed by atoms with Crippen LogP contribution in [0.2, 0.25) is 0 Å². The van der Waals surface area contributed by atoms with E-state index >= 15 is 0 Å². The zero-order valence-electron chi connectivity index (χ0n) is 9.84. The molecule has 0 fully saturated rings. The lowest BCUT2D eigenvalue weighted by Crippen LogP contribution is -2.23. The number of aliphatic hydroxyl groups is 2. The topological polar surface area (TPSA) is 87.0 Å². The average molecular weight is 319 g/mol. The van der Waals surface area contributed by atoms with Crippen LogP contribution in [0, 0.1) is 0 Å². The largest absolute Gasteiger partial charge is 0.508 e. The molecule has 0 saturated heterocycles. The summed E-state index contributed by atoms with van der Waals surface area (Å²) in [7, 11) is 0. The van der Waals surface area contributed by atoms with Crippen molar-refractivity contribution in [1.82, 2.24) is 0 Å². The van der Waals surface area contributed by atoms with E-state index in [4.69, 9.17) is 0 Å². The predicted molar refractivity (Wildman–Crippen MR) is 68.0 cm³/mol. The monoisotopic (exact) mass is 318 g/mol. The maximum Gasteiger partial charge on any atom is 0.308 e. The molecule has 0 spiro atoms. The number of aliphatic hydroxyl groups excluding tert-OH is 2. The minimum absolute atomic E-state index is 0.153. The summed E-state index contributed by atoms with van der Waals surface area (Å²) >= 11 is 3.17. The van der Waals surface area contributed by atoms with Crippen molar-refractivity contribution in [2.24, 2.45) is 0 Å². The number of halogens is 1. The Morgan fingerprint density at radius 1 is 1.44 bits per heavy atom. The first-order chi connectivity index (χ1) is 8.45. The van der Waals surface area contributed by atoms with Crippen LogP contribution in [0.1, 0.15) is 25.0 Å². The van der Waals surface area contributed by atoms with Crippen molar-refractivity contribution in [1.29, 1.82) is 0 Å². The maximum absolute atomic E-state index is 11.2. The number of hydrogen-bond donors (Lipinski definition) is 3. The van der Waals surface area contributed by atoms with E-state index in [1.54, 1.807) is 13.0 Å². The molecule has 1 rings (SSSR count). The van der Waals surface area contributed by atoms with Crippen LogP contribution in [0.15, 0.2) is 22.7 Å². The highest BCUT2D eigenvalue weighted by Crippen LogP contribution is 2.30. The van der Waals surface area contributed by atoms with Crippen molar-refractivity contribution in [3.8, 4) is 5.75 Å². The van der Waals surface area contributed by atoms with Crippen LogP contribution >= 0.6 is 15.9 Å². The number of benzene rings is 1. The Morgan fingerprint density at radius 2 is 2.11 bits per heavy atom. The van der Waals surface area contributed by atoms with Crippen molar-refractivity contribution in [3.63, 3.8) is 0 Å². The van der Waals surface area contributed by atoms with Crippen molar-refractivity contribution < 1.29 is 24.9 Å². The Morgan fingerprint density at radius 3 is 2.67 bits per heavy atom. The number of hydrogen-bond acceptors (Lipinski definition) is 5. The van der Waals surface area contributed by atoms with Crippen LogP contribution in [-0.4, -0.2) is 34.0 Å². The highest BCUT2D eigenvalue weighted by atomic mass is 79.9. The van der Waals surface area contributed by atoms with Crippen molar-refractivity contribution in [2.45, 2.75) is 25.6 Å². The van der Waals surface area contributed by atoms with Crippen molar-refractivity contribution >= 4 is 21.9 Å².